The predicted molar refractivity (Wildman–Crippen MR) is 146 cm³/mol. The lowest BCUT2D eigenvalue weighted by Crippen LogP contribution is -2.43. The van der Waals surface area contributed by atoms with E-state index >= 15 is 0 Å². The maximum Gasteiger partial charge on any atom is 0.311 e. The predicted octanol–water partition coefficient (Wildman–Crippen LogP) is 5.65. The fraction of sp³-hybridized carbons (Fsp3) is 0.577. The number of ether oxygens (including phenoxy) is 1. The standard InChI is InChI=1S/C26H35Cl3N4O4/c1-6-37-24(36)26(5)9-7-16(8-10-26)32-22(29)17(11-30)23(35)33(15-25(2,3)4)14-20(34)21-18(27)12-31-13-19(21)28/h11-13,16,30,32H,6-10,14-15H2,1-5H3/b22-17+,30-11?/t16-,26-. The van der Waals surface area contributed by atoms with Gasteiger partial charge in [0.2, 0.25) is 0 Å². The molecule has 0 spiro atoms. The SMILES string of the molecule is CCOC(=O)[C@]1(C)CC[C@@H](N/C(Cl)=C(\C=N)C(=O)N(CC(=O)c2c(Cl)cncc2Cl)CC(C)(C)C)CC1. The highest BCUT2D eigenvalue weighted by atomic mass is 35.5. The first-order chi connectivity index (χ1) is 17.2. The van der Waals surface area contributed by atoms with Crippen LogP contribution in [0.3, 0.4) is 0 Å². The lowest BCUT2D eigenvalue weighted by molar-refractivity contribution is -0.156. The highest BCUT2D eigenvalue weighted by Gasteiger charge is 2.39. The Morgan fingerprint density at radius 2 is 1.78 bits per heavy atom. The number of amides is 1. The summed E-state index contributed by atoms with van der Waals surface area (Å²) >= 11 is 18.8. The van der Waals surface area contributed by atoms with Gasteiger partial charge in [0.05, 0.1) is 39.7 Å². The van der Waals surface area contributed by atoms with E-state index in [0.29, 0.717) is 32.3 Å². The molecular weight excluding hydrogens is 539 g/mol. The molecule has 11 heteroatoms. The third-order valence-corrected chi connectivity index (χ3v) is 7.10. The van der Waals surface area contributed by atoms with Gasteiger partial charge >= 0.3 is 5.97 Å². The molecule has 0 aromatic carbocycles. The number of hydrogen-bond acceptors (Lipinski definition) is 7. The highest BCUT2D eigenvalue weighted by Crippen LogP contribution is 2.37. The van der Waals surface area contributed by atoms with E-state index in [0.717, 1.165) is 6.21 Å². The van der Waals surface area contributed by atoms with Crippen LogP contribution < -0.4 is 5.32 Å². The van der Waals surface area contributed by atoms with E-state index in [9.17, 15) is 14.4 Å². The molecular formula is C26H35Cl3N4O4. The van der Waals surface area contributed by atoms with E-state index in [1.165, 1.54) is 17.3 Å². The van der Waals surface area contributed by atoms with Crippen LogP contribution >= 0.6 is 34.8 Å². The van der Waals surface area contributed by atoms with Gasteiger partial charge in [0.25, 0.3) is 5.91 Å². The van der Waals surface area contributed by atoms with Crippen LogP contribution in [0.4, 0.5) is 0 Å². The zero-order valence-corrected chi connectivity index (χ0v) is 24.2. The van der Waals surface area contributed by atoms with Crippen molar-refractivity contribution in [3.8, 4) is 0 Å². The minimum absolute atomic E-state index is 0.0241. The topological polar surface area (TPSA) is 112 Å². The minimum Gasteiger partial charge on any atom is -0.466 e. The van der Waals surface area contributed by atoms with Gasteiger partial charge in [0.1, 0.15) is 5.16 Å². The second kappa shape index (κ2) is 13.1. The molecule has 8 nitrogen and oxygen atoms in total. The molecule has 2 N–H and O–H groups in total. The first-order valence-electron chi connectivity index (χ1n) is 12.2. The molecule has 0 aliphatic heterocycles. The maximum absolute atomic E-state index is 13.5. The molecule has 0 unspecified atom stereocenters. The number of rotatable bonds is 10. The number of pyridine rings is 1. The van der Waals surface area contributed by atoms with Crippen LogP contribution in [0.15, 0.2) is 23.1 Å². The second-order valence-corrected chi connectivity index (χ2v) is 11.9. The van der Waals surface area contributed by atoms with Gasteiger partial charge in [0, 0.05) is 31.2 Å². The maximum atomic E-state index is 13.5. The monoisotopic (exact) mass is 572 g/mol. The van der Waals surface area contributed by atoms with E-state index in [4.69, 9.17) is 44.9 Å². The van der Waals surface area contributed by atoms with Crippen LogP contribution in [0.1, 0.15) is 70.7 Å². The summed E-state index contributed by atoms with van der Waals surface area (Å²) in [6.45, 7) is 9.73. The number of aromatic nitrogens is 1. The summed E-state index contributed by atoms with van der Waals surface area (Å²) in [5.74, 6) is -1.22. The molecule has 1 aromatic heterocycles. The molecule has 1 fully saturated rings. The van der Waals surface area contributed by atoms with Crippen molar-refractivity contribution in [2.24, 2.45) is 10.8 Å². The average molecular weight is 574 g/mol. The number of carbonyl (C=O) groups excluding carboxylic acids is 3. The summed E-state index contributed by atoms with van der Waals surface area (Å²) in [5, 5.41) is 11.2. The number of ketones is 1. The molecule has 0 radical (unpaired) electrons. The zero-order chi connectivity index (χ0) is 28.0. The lowest BCUT2D eigenvalue weighted by Gasteiger charge is -2.36. The van der Waals surface area contributed by atoms with Crippen LogP contribution in [0, 0.1) is 16.2 Å². The Morgan fingerprint density at radius 3 is 2.27 bits per heavy atom. The summed E-state index contributed by atoms with van der Waals surface area (Å²) in [7, 11) is 0. The summed E-state index contributed by atoms with van der Waals surface area (Å²) in [5.41, 5.74) is -0.884. The van der Waals surface area contributed by atoms with Gasteiger partial charge in [-0.3, -0.25) is 19.4 Å². The number of esters is 1. The molecule has 37 heavy (non-hydrogen) atoms. The van der Waals surface area contributed by atoms with Crippen molar-refractivity contribution in [1.29, 1.82) is 5.41 Å². The molecule has 0 atom stereocenters. The second-order valence-electron chi connectivity index (χ2n) is 10.7. The molecule has 1 aliphatic rings. The van der Waals surface area contributed by atoms with Gasteiger partial charge in [-0.05, 0) is 44.9 Å². The third kappa shape index (κ3) is 8.42. The number of nitrogens with one attached hydrogen (secondary N) is 2. The van der Waals surface area contributed by atoms with Gasteiger partial charge in [0.15, 0.2) is 5.78 Å². The Morgan fingerprint density at radius 1 is 1.22 bits per heavy atom. The van der Waals surface area contributed by atoms with E-state index < -0.39 is 17.1 Å². The van der Waals surface area contributed by atoms with Crippen molar-refractivity contribution < 1.29 is 19.1 Å². The van der Waals surface area contributed by atoms with Crippen molar-refractivity contribution in [2.75, 3.05) is 19.7 Å². The fourth-order valence-corrected chi connectivity index (χ4v) is 5.12. The normalized spacial score (nSPS) is 20.5. The van der Waals surface area contributed by atoms with Crippen molar-refractivity contribution in [3.05, 3.63) is 38.7 Å². The highest BCUT2D eigenvalue weighted by molar-refractivity contribution is 6.40. The number of hydrogen-bond donors (Lipinski definition) is 2. The summed E-state index contributed by atoms with van der Waals surface area (Å²) in [6.07, 6.45) is 6.03. The number of nitrogens with zero attached hydrogens (tertiary/aromatic N) is 2. The minimum atomic E-state index is -0.566. The lowest BCUT2D eigenvalue weighted by atomic mass is 9.74. The van der Waals surface area contributed by atoms with Crippen LogP contribution in [0.2, 0.25) is 10.0 Å². The summed E-state index contributed by atoms with van der Waals surface area (Å²) < 4.78 is 5.21. The van der Waals surface area contributed by atoms with Crippen molar-refractivity contribution in [2.45, 2.75) is 66.3 Å². The average Bonchev–Trinajstić information content (AvgIpc) is 2.80. The Bertz CT molecular complexity index is 1040. The largest absolute Gasteiger partial charge is 0.466 e. The molecule has 1 heterocycles. The first kappa shape index (κ1) is 31.1. The molecule has 1 amide bonds. The molecule has 1 aliphatic carbocycles. The van der Waals surface area contributed by atoms with Crippen molar-refractivity contribution in [1.82, 2.24) is 15.2 Å². The van der Waals surface area contributed by atoms with Gasteiger partial charge < -0.3 is 20.4 Å². The van der Waals surface area contributed by atoms with Gasteiger partial charge in [-0.1, -0.05) is 55.6 Å². The van der Waals surface area contributed by atoms with Crippen LogP contribution in [-0.2, 0) is 14.3 Å². The molecule has 0 saturated heterocycles. The summed E-state index contributed by atoms with van der Waals surface area (Å²) in [6, 6.07) is -0.0788. The molecule has 1 saturated carbocycles. The molecule has 2 rings (SSSR count). The molecule has 204 valence electrons. The quantitative estimate of drug-likeness (QED) is 0.123. The Labute approximate surface area is 233 Å². The van der Waals surface area contributed by atoms with E-state index in [1.807, 2.05) is 27.7 Å². The van der Waals surface area contributed by atoms with Gasteiger partial charge in [-0.25, -0.2) is 0 Å². The number of halogens is 3. The molecule has 1 aromatic rings. The fourth-order valence-electron chi connectivity index (χ4n) is 4.26. The first-order valence-corrected chi connectivity index (χ1v) is 13.3. The van der Waals surface area contributed by atoms with E-state index in [1.54, 1.807) is 6.92 Å². The van der Waals surface area contributed by atoms with E-state index in [2.05, 4.69) is 10.3 Å². The smallest absolute Gasteiger partial charge is 0.311 e. The Balaban J connectivity index is 2.23. The van der Waals surface area contributed by atoms with Crippen molar-refractivity contribution in [3.63, 3.8) is 0 Å². The molecule has 0 bridgehead atoms. The van der Waals surface area contributed by atoms with Gasteiger partial charge in [-0.2, -0.15) is 0 Å². The van der Waals surface area contributed by atoms with Crippen LogP contribution in [-0.4, -0.2) is 59.5 Å². The Kier molecular flexibility index (Phi) is 11.0. The van der Waals surface area contributed by atoms with Crippen LogP contribution in [0.5, 0.6) is 0 Å². The zero-order valence-electron chi connectivity index (χ0n) is 21.9. The van der Waals surface area contributed by atoms with Gasteiger partial charge in [-0.15, -0.1) is 0 Å². The third-order valence-electron chi connectivity index (χ3n) is 6.22. The Hall–Kier alpha value is -2.16. The summed E-state index contributed by atoms with van der Waals surface area (Å²) in [4.78, 5) is 44.2. The van der Waals surface area contributed by atoms with Crippen molar-refractivity contribution >= 4 is 58.7 Å². The van der Waals surface area contributed by atoms with Crippen LogP contribution in [0.25, 0.3) is 0 Å². The van der Waals surface area contributed by atoms with E-state index in [-0.39, 0.29) is 56.9 Å². The number of carbonyl (C=O) groups is 3. The number of Topliss-reactive ketones (excluding diaryl/α,β-unsaturated/α-hetero) is 1.